The standard InChI is InChI=1S/C21H20N4O2S/c1-2-6-15(7-3-1)19-18(14-25-10-12-26-13-11-25)28-21(23-19)24-20-22-16-8-4-5-9-17(16)27-20/h1-9H,10-14H2,(H,22,23,24). The zero-order valence-corrected chi connectivity index (χ0v) is 16.1. The highest BCUT2D eigenvalue weighted by molar-refractivity contribution is 7.16. The minimum atomic E-state index is 0.465. The number of rotatable bonds is 5. The molecule has 1 N–H and O–H groups in total. The van der Waals surface area contributed by atoms with Gasteiger partial charge in [-0.15, -0.1) is 0 Å². The van der Waals surface area contributed by atoms with E-state index in [1.54, 1.807) is 11.3 Å². The van der Waals surface area contributed by atoms with E-state index in [0.29, 0.717) is 6.01 Å². The summed E-state index contributed by atoms with van der Waals surface area (Å²) in [4.78, 5) is 13.0. The van der Waals surface area contributed by atoms with E-state index in [-0.39, 0.29) is 0 Å². The Kier molecular flexibility index (Phi) is 4.78. The lowest BCUT2D eigenvalue weighted by Crippen LogP contribution is -2.35. The second kappa shape index (κ2) is 7.71. The molecule has 0 radical (unpaired) electrons. The zero-order valence-electron chi connectivity index (χ0n) is 15.3. The Bertz CT molecular complexity index is 1040. The second-order valence-electron chi connectivity index (χ2n) is 6.66. The molecule has 7 heteroatoms. The van der Waals surface area contributed by atoms with E-state index in [1.165, 1.54) is 4.88 Å². The fraction of sp³-hybridized carbons (Fsp3) is 0.238. The third-order valence-electron chi connectivity index (χ3n) is 4.72. The van der Waals surface area contributed by atoms with Crippen LogP contribution in [0.5, 0.6) is 0 Å². The van der Waals surface area contributed by atoms with Crippen LogP contribution in [0.15, 0.2) is 59.0 Å². The Morgan fingerprint density at radius 2 is 1.75 bits per heavy atom. The first kappa shape index (κ1) is 17.4. The first-order valence-electron chi connectivity index (χ1n) is 9.33. The maximum atomic E-state index is 5.79. The van der Waals surface area contributed by atoms with Gasteiger partial charge in [-0.1, -0.05) is 53.8 Å². The van der Waals surface area contributed by atoms with Crippen LogP contribution in [0.2, 0.25) is 0 Å². The van der Waals surface area contributed by atoms with E-state index in [4.69, 9.17) is 14.1 Å². The van der Waals surface area contributed by atoms with Crippen LogP contribution in [-0.2, 0) is 11.3 Å². The molecule has 1 aliphatic rings. The monoisotopic (exact) mass is 392 g/mol. The predicted octanol–water partition coefficient (Wildman–Crippen LogP) is 4.53. The molecule has 5 rings (SSSR count). The highest BCUT2D eigenvalue weighted by Crippen LogP contribution is 2.34. The van der Waals surface area contributed by atoms with Gasteiger partial charge in [0.05, 0.1) is 18.9 Å². The fourth-order valence-electron chi connectivity index (χ4n) is 3.31. The maximum absolute atomic E-state index is 5.79. The van der Waals surface area contributed by atoms with E-state index >= 15 is 0 Å². The maximum Gasteiger partial charge on any atom is 0.302 e. The number of nitrogens with zero attached hydrogens (tertiary/aromatic N) is 3. The number of oxazole rings is 1. The smallest absolute Gasteiger partial charge is 0.302 e. The van der Waals surface area contributed by atoms with Crippen molar-refractivity contribution in [2.75, 3.05) is 31.6 Å². The van der Waals surface area contributed by atoms with Crippen LogP contribution in [0.3, 0.4) is 0 Å². The number of fused-ring (bicyclic) bond motifs is 1. The summed E-state index contributed by atoms with van der Waals surface area (Å²) in [7, 11) is 0. The van der Waals surface area contributed by atoms with Crippen LogP contribution < -0.4 is 5.32 Å². The van der Waals surface area contributed by atoms with Crippen molar-refractivity contribution >= 4 is 33.6 Å². The zero-order chi connectivity index (χ0) is 18.8. The molecule has 2 aromatic carbocycles. The molecule has 1 saturated heterocycles. The van der Waals surface area contributed by atoms with Crippen molar-refractivity contribution in [1.29, 1.82) is 0 Å². The van der Waals surface area contributed by atoms with Gasteiger partial charge >= 0.3 is 6.01 Å². The van der Waals surface area contributed by atoms with Gasteiger partial charge in [-0.3, -0.25) is 10.2 Å². The van der Waals surface area contributed by atoms with E-state index in [2.05, 4.69) is 27.3 Å². The normalized spacial score (nSPS) is 15.1. The summed E-state index contributed by atoms with van der Waals surface area (Å²) in [5.41, 5.74) is 3.72. The van der Waals surface area contributed by atoms with Crippen LogP contribution in [0.25, 0.3) is 22.4 Å². The number of anilines is 2. The van der Waals surface area contributed by atoms with Gasteiger partial charge in [-0.2, -0.15) is 4.98 Å². The number of benzene rings is 2. The lowest BCUT2D eigenvalue weighted by atomic mass is 10.1. The summed E-state index contributed by atoms with van der Waals surface area (Å²) in [6.07, 6.45) is 0. The summed E-state index contributed by atoms with van der Waals surface area (Å²) >= 11 is 1.65. The van der Waals surface area contributed by atoms with Crippen LogP contribution in [0, 0.1) is 0 Å². The Hall–Kier alpha value is -2.74. The van der Waals surface area contributed by atoms with Gasteiger partial charge in [0.25, 0.3) is 0 Å². The Balaban J connectivity index is 1.46. The first-order chi connectivity index (χ1) is 13.8. The van der Waals surface area contributed by atoms with Gasteiger partial charge in [0, 0.05) is 30.1 Å². The second-order valence-corrected chi connectivity index (χ2v) is 7.74. The molecule has 6 nitrogen and oxygen atoms in total. The van der Waals surface area contributed by atoms with Gasteiger partial charge in [0.1, 0.15) is 5.52 Å². The van der Waals surface area contributed by atoms with Gasteiger partial charge in [0.2, 0.25) is 0 Å². The highest BCUT2D eigenvalue weighted by Gasteiger charge is 2.19. The quantitative estimate of drug-likeness (QED) is 0.538. The number of hydrogen-bond acceptors (Lipinski definition) is 7. The van der Waals surface area contributed by atoms with Crippen molar-refractivity contribution in [2.24, 2.45) is 0 Å². The Morgan fingerprint density at radius 3 is 2.57 bits per heavy atom. The lowest BCUT2D eigenvalue weighted by Gasteiger charge is -2.26. The van der Waals surface area contributed by atoms with Crippen molar-refractivity contribution in [3.63, 3.8) is 0 Å². The molecule has 0 spiro atoms. The first-order valence-corrected chi connectivity index (χ1v) is 10.1. The minimum absolute atomic E-state index is 0.465. The van der Waals surface area contributed by atoms with E-state index in [0.717, 1.165) is 60.3 Å². The van der Waals surface area contributed by atoms with Crippen molar-refractivity contribution < 1.29 is 9.15 Å². The number of hydrogen-bond donors (Lipinski definition) is 1. The summed E-state index contributed by atoms with van der Waals surface area (Å²) in [6.45, 7) is 4.32. The van der Waals surface area contributed by atoms with E-state index in [9.17, 15) is 0 Å². The molecule has 0 bridgehead atoms. The molecule has 142 valence electrons. The summed E-state index contributed by atoms with van der Waals surface area (Å²) < 4.78 is 11.3. The van der Waals surface area contributed by atoms with Gasteiger partial charge < -0.3 is 9.15 Å². The molecule has 0 atom stereocenters. The number of morpholine rings is 1. The third kappa shape index (κ3) is 3.64. The van der Waals surface area contributed by atoms with Gasteiger partial charge in [0.15, 0.2) is 10.7 Å². The predicted molar refractivity (Wildman–Crippen MR) is 111 cm³/mol. The molecule has 1 fully saturated rings. The van der Waals surface area contributed by atoms with Crippen LogP contribution >= 0.6 is 11.3 Å². The van der Waals surface area contributed by atoms with Crippen molar-refractivity contribution in [3.8, 4) is 11.3 Å². The molecule has 1 aliphatic heterocycles. The molecule has 0 aliphatic carbocycles. The minimum Gasteiger partial charge on any atom is -0.423 e. The molecular formula is C21H20N4O2S. The van der Waals surface area contributed by atoms with Crippen LogP contribution in [-0.4, -0.2) is 41.2 Å². The average molecular weight is 392 g/mol. The summed E-state index contributed by atoms with van der Waals surface area (Å²) in [5.74, 6) is 0. The third-order valence-corrected chi connectivity index (χ3v) is 5.68. The highest BCUT2D eigenvalue weighted by atomic mass is 32.1. The molecule has 0 saturated carbocycles. The molecular weight excluding hydrogens is 372 g/mol. The molecule has 2 aromatic heterocycles. The number of para-hydroxylation sites is 2. The van der Waals surface area contributed by atoms with E-state index < -0.39 is 0 Å². The van der Waals surface area contributed by atoms with Gasteiger partial charge in [-0.05, 0) is 12.1 Å². The number of nitrogens with one attached hydrogen (secondary N) is 1. The largest absolute Gasteiger partial charge is 0.423 e. The molecule has 28 heavy (non-hydrogen) atoms. The average Bonchev–Trinajstić information content (AvgIpc) is 3.33. The van der Waals surface area contributed by atoms with Crippen LogP contribution in [0.1, 0.15) is 4.88 Å². The number of thiazole rings is 1. The SMILES string of the molecule is c1ccc(-c2nc(Nc3nc4ccccc4o3)sc2CN2CCOCC2)cc1. The number of aromatic nitrogens is 2. The molecule has 0 amide bonds. The Morgan fingerprint density at radius 1 is 0.964 bits per heavy atom. The van der Waals surface area contributed by atoms with Crippen LogP contribution in [0.4, 0.5) is 11.1 Å². The topological polar surface area (TPSA) is 63.4 Å². The van der Waals surface area contributed by atoms with Crippen molar-refractivity contribution in [1.82, 2.24) is 14.9 Å². The molecule has 3 heterocycles. The number of ether oxygens (including phenoxy) is 1. The lowest BCUT2D eigenvalue weighted by molar-refractivity contribution is 0.0347. The van der Waals surface area contributed by atoms with Crippen molar-refractivity contribution in [2.45, 2.75) is 6.54 Å². The fourth-order valence-corrected chi connectivity index (χ4v) is 4.33. The summed E-state index contributed by atoms with van der Waals surface area (Å²) in [5, 5.41) is 4.03. The molecule has 4 aromatic rings. The summed E-state index contributed by atoms with van der Waals surface area (Å²) in [6, 6.07) is 18.5. The van der Waals surface area contributed by atoms with Crippen molar-refractivity contribution in [3.05, 3.63) is 59.5 Å². The van der Waals surface area contributed by atoms with E-state index in [1.807, 2.05) is 42.5 Å². The van der Waals surface area contributed by atoms with Gasteiger partial charge in [-0.25, -0.2) is 4.98 Å². The Labute approximate surface area is 166 Å². The molecule has 0 unspecified atom stereocenters.